The number of benzene rings is 4. The summed E-state index contributed by atoms with van der Waals surface area (Å²) >= 11 is 1.43. The topological polar surface area (TPSA) is 41.9 Å². The summed E-state index contributed by atoms with van der Waals surface area (Å²) in [4.78, 5) is 20.7. The Kier molecular flexibility index (Phi) is 7.82. The van der Waals surface area contributed by atoms with Crippen molar-refractivity contribution >= 4 is 28.9 Å². The largest absolute Gasteiger partial charge is 0.489 e. The maximum atomic E-state index is 13.4. The number of hydrogen-bond acceptors (Lipinski definition) is 4. The first-order valence-electron chi connectivity index (χ1n) is 12.3. The van der Waals surface area contributed by atoms with E-state index in [4.69, 9.17) is 9.73 Å². The van der Waals surface area contributed by atoms with Crippen molar-refractivity contribution in [3.63, 3.8) is 0 Å². The Morgan fingerprint density at radius 2 is 1.43 bits per heavy atom. The van der Waals surface area contributed by atoms with E-state index in [9.17, 15) is 4.79 Å². The van der Waals surface area contributed by atoms with Crippen LogP contribution >= 0.6 is 11.8 Å². The SMILES string of the molecule is Cc1ccc(COc2ccc(/C=C3/SC(=NCc4ccccc4)N(Cc4ccccc4)C3=O)cc2)cc1. The molecule has 0 atom stereocenters. The van der Waals surface area contributed by atoms with Gasteiger partial charge in [0, 0.05) is 0 Å². The number of hydrogen-bond donors (Lipinski definition) is 0. The molecule has 1 heterocycles. The van der Waals surface area contributed by atoms with E-state index in [1.807, 2.05) is 91.0 Å². The van der Waals surface area contributed by atoms with Crippen molar-refractivity contribution in [2.24, 2.45) is 4.99 Å². The van der Waals surface area contributed by atoms with Crippen LogP contribution in [0.5, 0.6) is 5.75 Å². The van der Waals surface area contributed by atoms with Crippen LogP contribution in [0.4, 0.5) is 0 Å². The lowest BCUT2D eigenvalue weighted by atomic mass is 10.1. The zero-order valence-electron chi connectivity index (χ0n) is 20.7. The normalized spacial score (nSPS) is 15.5. The predicted molar refractivity (Wildman–Crippen MR) is 152 cm³/mol. The van der Waals surface area contributed by atoms with E-state index in [1.54, 1.807) is 4.90 Å². The second-order valence-corrected chi connectivity index (χ2v) is 9.92. The average Bonchev–Trinajstić information content (AvgIpc) is 3.22. The van der Waals surface area contributed by atoms with Gasteiger partial charge < -0.3 is 4.74 Å². The van der Waals surface area contributed by atoms with Crippen molar-refractivity contribution in [1.82, 2.24) is 4.90 Å². The third-order valence-corrected chi connectivity index (χ3v) is 7.06. The van der Waals surface area contributed by atoms with Gasteiger partial charge in [-0.1, -0.05) is 103 Å². The summed E-state index contributed by atoms with van der Waals surface area (Å²) < 4.78 is 5.93. The van der Waals surface area contributed by atoms with Gasteiger partial charge in [-0.25, -0.2) is 0 Å². The number of nitrogens with zero attached hydrogens (tertiary/aromatic N) is 2. The summed E-state index contributed by atoms with van der Waals surface area (Å²) in [5.41, 5.74) is 5.49. The third kappa shape index (κ3) is 6.57. The number of amides is 1. The van der Waals surface area contributed by atoms with Gasteiger partial charge in [0.1, 0.15) is 12.4 Å². The lowest BCUT2D eigenvalue weighted by Crippen LogP contribution is -2.28. The lowest BCUT2D eigenvalue weighted by molar-refractivity contribution is -0.122. The molecule has 0 aromatic heterocycles. The fourth-order valence-corrected chi connectivity index (χ4v) is 4.91. The molecule has 5 rings (SSSR count). The molecule has 0 unspecified atom stereocenters. The molecule has 5 heteroatoms. The molecule has 0 spiro atoms. The lowest BCUT2D eigenvalue weighted by Gasteiger charge is -2.15. The van der Waals surface area contributed by atoms with Crippen LogP contribution in [-0.2, 0) is 24.5 Å². The second kappa shape index (κ2) is 11.8. The Labute approximate surface area is 222 Å². The van der Waals surface area contributed by atoms with Crippen molar-refractivity contribution in [3.05, 3.63) is 142 Å². The molecule has 0 bridgehead atoms. The van der Waals surface area contributed by atoms with E-state index in [0.29, 0.717) is 24.6 Å². The highest BCUT2D eigenvalue weighted by atomic mass is 32.2. The molecule has 184 valence electrons. The average molecular weight is 505 g/mol. The number of amidine groups is 1. The number of rotatable bonds is 8. The smallest absolute Gasteiger partial charge is 0.267 e. The van der Waals surface area contributed by atoms with E-state index in [-0.39, 0.29) is 5.91 Å². The first-order chi connectivity index (χ1) is 18.1. The fraction of sp³-hybridized carbons (Fsp3) is 0.125. The minimum atomic E-state index is -0.0274. The molecule has 4 aromatic carbocycles. The third-order valence-electron chi connectivity index (χ3n) is 6.02. The highest BCUT2D eigenvalue weighted by Gasteiger charge is 2.33. The van der Waals surface area contributed by atoms with Crippen molar-refractivity contribution in [3.8, 4) is 5.75 Å². The number of ether oxygens (including phenoxy) is 1. The Morgan fingerprint density at radius 1 is 0.784 bits per heavy atom. The van der Waals surface area contributed by atoms with Crippen LogP contribution in [0.3, 0.4) is 0 Å². The van der Waals surface area contributed by atoms with Crippen molar-refractivity contribution in [2.75, 3.05) is 0 Å². The summed E-state index contributed by atoms with van der Waals surface area (Å²) in [6, 6.07) is 36.3. The van der Waals surface area contributed by atoms with Crippen LogP contribution in [0, 0.1) is 6.92 Å². The summed E-state index contributed by atoms with van der Waals surface area (Å²) in [6.07, 6.45) is 1.93. The zero-order valence-corrected chi connectivity index (χ0v) is 21.5. The van der Waals surface area contributed by atoms with Gasteiger partial charge in [0.2, 0.25) is 0 Å². The number of aliphatic imine (C=N–C) groups is 1. The maximum absolute atomic E-state index is 13.4. The zero-order chi connectivity index (χ0) is 25.5. The fourth-order valence-electron chi connectivity index (χ4n) is 3.94. The van der Waals surface area contributed by atoms with Crippen molar-refractivity contribution < 1.29 is 9.53 Å². The van der Waals surface area contributed by atoms with E-state index in [2.05, 4.69) is 31.2 Å². The summed E-state index contributed by atoms with van der Waals surface area (Å²) in [6.45, 7) is 3.61. The molecule has 1 saturated heterocycles. The highest BCUT2D eigenvalue weighted by Crippen LogP contribution is 2.34. The Bertz CT molecular complexity index is 1400. The van der Waals surface area contributed by atoms with Gasteiger partial charge in [-0.05, 0) is 59.1 Å². The van der Waals surface area contributed by atoms with Crippen LogP contribution in [0.15, 0.2) is 119 Å². The van der Waals surface area contributed by atoms with Gasteiger partial charge >= 0.3 is 0 Å². The highest BCUT2D eigenvalue weighted by molar-refractivity contribution is 8.18. The van der Waals surface area contributed by atoms with Crippen LogP contribution in [0.25, 0.3) is 6.08 Å². The number of aryl methyl sites for hydroxylation is 1. The van der Waals surface area contributed by atoms with E-state index in [1.165, 1.54) is 17.3 Å². The molecule has 1 amide bonds. The minimum Gasteiger partial charge on any atom is -0.489 e. The molecular formula is C32H28N2O2S. The maximum Gasteiger partial charge on any atom is 0.267 e. The van der Waals surface area contributed by atoms with Crippen molar-refractivity contribution in [1.29, 1.82) is 0 Å². The number of carbonyl (C=O) groups is 1. The number of thioether (sulfide) groups is 1. The minimum absolute atomic E-state index is 0.0274. The summed E-state index contributed by atoms with van der Waals surface area (Å²) in [5.74, 6) is 0.768. The Hall–Kier alpha value is -4.09. The molecule has 0 N–H and O–H groups in total. The summed E-state index contributed by atoms with van der Waals surface area (Å²) in [5, 5.41) is 0.724. The quantitative estimate of drug-likeness (QED) is 0.237. The molecule has 0 aliphatic carbocycles. The molecule has 4 aromatic rings. The van der Waals surface area contributed by atoms with E-state index < -0.39 is 0 Å². The second-order valence-electron chi connectivity index (χ2n) is 8.92. The first kappa shape index (κ1) is 24.6. The molecule has 1 aliphatic heterocycles. The molecule has 0 saturated carbocycles. The van der Waals surface area contributed by atoms with Crippen LogP contribution < -0.4 is 4.74 Å². The predicted octanol–water partition coefficient (Wildman–Crippen LogP) is 7.25. The molecule has 4 nitrogen and oxygen atoms in total. The first-order valence-corrected chi connectivity index (χ1v) is 13.1. The van der Waals surface area contributed by atoms with Gasteiger partial charge in [-0.15, -0.1) is 0 Å². The van der Waals surface area contributed by atoms with Crippen LogP contribution in [0.1, 0.15) is 27.8 Å². The van der Waals surface area contributed by atoms with E-state index >= 15 is 0 Å². The molecule has 0 radical (unpaired) electrons. The van der Waals surface area contributed by atoms with Gasteiger partial charge in [0.15, 0.2) is 5.17 Å². The molecule has 37 heavy (non-hydrogen) atoms. The molecular weight excluding hydrogens is 476 g/mol. The Balaban J connectivity index is 1.31. The van der Waals surface area contributed by atoms with Crippen LogP contribution in [0.2, 0.25) is 0 Å². The van der Waals surface area contributed by atoms with Gasteiger partial charge in [-0.3, -0.25) is 14.7 Å². The summed E-state index contributed by atoms with van der Waals surface area (Å²) in [7, 11) is 0. The van der Waals surface area contributed by atoms with Gasteiger partial charge in [0.25, 0.3) is 5.91 Å². The van der Waals surface area contributed by atoms with E-state index in [0.717, 1.165) is 33.2 Å². The van der Waals surface area contributed by atoms with Crippen molar-refractivity contribution in [2.45, 2.75) is 26.6 Å². The number of carbonyl (C=O) groups excluding carboxylic acids is 1. The van der Waals surface area contributed by atoms with Gasteiger partial charge in [-0.2, -0.15) is 0 Å². The standard InChI is InChI=1S/C32H28N2O2S/c1-24-12-14-28(15-13-24)23-36-29-18-16-25(17-19-29)20-30-31(35)34(22-27-10-6-3-7-11-27)32(37-30)33-21-26-8-4-2-5-9-26/h2-20H,21-23H2,1H3/b30-20+,33-32?. The Morgan fingerprint density at radius 3 is 2.11 bits per heavy atom. The monoisotopic (exact) mass is 504 g/mol. The molecule has 1 fully saturated rings. The molecule has 1 aliphatic rings. The van der Waals surface area contributed by atoms with Crippen LogP contribution in [-0.4, -0.2) is 16.0 Å². The van der Waals surface area contributed by atoms with Gasteiger partial charge in [0.05, 0.1) is 18.0 Å².